The van der Waals surface area contributed by atoms with E-state index >= 15 is 0 Å². The van der Waals surface area contributed by atoms with Crippen LogP contribution in [0.1, 0.15) is 25.0 Å². The van der Waals surface area contributed by atoms with Crippen LogP contribution in [0.5, 0.6) is 5.75 Å². The van der Waals surface area contributed by atoms with Crippen LogP contribution >= 0.6 is 11.6 Å². The van der Waals surface area contributed by atoms with Gasteiger partial charge in [-0.3, -0.25) is 4.79 Å². The predicted molar refractivity (Wildman–Crippen MR) is 101 cm³/mol. The molecule has 6 heteroatoms. The first kappa shape index (κ1) is 19.8. The number of carbonyl (C=O) groups is 2. The zero-order valence-electron chi connectivity index (χ0n) is 15.0. The Morgan fingerprint density at radius 2 is 1.73 bits per heavy atom. The van der Waals surface area contributed by atoms with Gasteiger partial charge in [0, 0.05) is 18.6 Å². The number of likely N-dealkylation sites (N-methyl/N-ethyl adjacent to an activating group) is 1. The van der Waals surface area contributed by atoms with Crippen LogP contribution in [-0.4, -0.2) is 35.5 Å². The number of nitrogens with zero attached hydrogens (tertiary/aromatic N) is 1. The van der Waals surface area contributed by atoms with Crippen molar-refractivity contribution in [3.8, 4) is 5.75 Å². The molecule has 0 aliphatic heterocycles. The molecule has 0 spiro atoms. The van der Waals surface area contributed by atoms with E-state index in [-0.39, 0.29) is 12.5 Å². The smallest absolute Gasteiger partial charge is 0.341 e. The van der Waals surface area contributed by atoms with E-state index in [0.717, 1.165) is 11.1 Å². The highest BCUT2D eigenvalue weighted by atomic mass is 35.5. The molecule has 0 aromatic heterocycles. The van der Waals surface area contributed by atoms with Crippen LogP contribution in [0.25, 0.3) is 0 Å². The summed E-state index contributed by atoms with van der Waals surface area (Å²) in [6.45, 7) is 3.75. The summed E-state index contributed by atoms with van der Waals surface area (Å²) < 4.78 is 5.11. The van der Waals surface area contributed by atoms with Gasteiger partial charge in [0.25, 0.3) is 0 Å². The van der Waals surface area contributed by atoms with Crippen LogP contribution in [0, 0.1) is 0 Å². The number of amides is 1. The minimum Gasteiger partial charge on any atom is -0.482 e. The molecule has 0 saturated heterocycles. The molecule has 0 heterocycles. The van der Waals surface area contributed by atoms with E-state index in [4.69, 9.17) is 21.4 Å². The number of carboxylic acid groups (broad SMARTS) is 1. The maximum absolute atomic E-state index is 12.9. The van der Waals surface area contributed by atoms with Crippen molar-refractivity contribution in [1.82, 2.24) is 4.90 Å². The topological polar surface area (TPSA) is 66.8 Å². The molecule has 0 radical (unpaired) electrons. The fourth-order valence-electron chi connectivity index (χ4n) is 2.74. The van der Waals surface area contributed by atoms with Gasteiger partial charge in [0.05, 0.1) is 5.41 Å². The van der Waals surface area contributed by atoms with Gasteiger partial charge >= 0.3 is 5.97 Å². The van der Waals surface area contributed by atoms with Crippen LogP contribution in [-0.2, 0) is 21.5 Å². The lowest BCUT2D eigenvalue weighted by Gasteiger charge is -2.30. The highest BCUT2D eigenvalue weighted by Crippen LogP contribution is 2.31. The summed E-state index contributed by atoms with van der Waals surface area (Å²) in [6, 6.07) is 14.3. The Morgan fingerprint density at radius 3 is 2.31 bits per heavy atom. The van der Waals surface area contributed by atoms with Crippen molar-refractivity contribution in [1.29, 1.82) is 0 Å². The number of benzene rings is 2. The van der Waals surface area contributed by atoms with Crippen LogP contribution in [0.4, 0.5) is 0 Å². The third-order valence-electron chi connectivity index (χ3n) is 4.13. The number of hydrogen-bond acceptors (Lipinski definition) is 3. The molecule has 1 amide bonds. The van der Waals surface area contributed by atoms with Gasteiger partial charge in [-0.25, -0.2) is 4.79 Å². The first-order valence-electron chi connectivity index (χ1n) is 8.16. The summed E-state index contributed by atoms with van der Waals surface area (Å²) in [5.41, 5.74) is 0.951. The molecule has 0 fully saturated rings. The lowest BCUT2D eigenvalue weighted by atomic mass is 9.83. The maximum Gasteiger partial charge on any atom is 0.341 e. The number of rotatable bonds is 7. The fourth-order valence-corrected chi connectivity index (χ4v) is 3.11. The Morgan fingerprint density at radius 1 is 1.12 bits per heavy atom. The Hall–Kier alpha value is -2.53. The second-order valence-electron chi connectivity index (χ2n) is 6.59. The van der Waals surface area contributed by atoms with E-state index in [2.05, 4.69) is 0 Å². The van der Waals surface area contributed by atoms with Crippen molar-refractivity contribution < 1.29 is 19.4 Å². The van der Waals surface area contributed by atoms with E-state index in [1.807, 2.05) is 44.2 Å². The molecule has 26 heavy (non-hydrogen) atoms. The Kier molecular flexibility index (Phi) is 6.27. The Balaban J connectivity index is 2.06. The van der Waals surface area contributed by atoms with Crippen molar-refractivity contribution in [3.05, 3.63) is 64.7 Å². The predicted octanol–water partition coefficient (Wildman–Crippen LogP) is 3.74. The van der Waals surface area contributed by atoms with E-state index in [9.17, 15) is 9.59 Å². The van der Waals surface area contributed by atoms with Crippen molar-refractivity contribution in [2.75, 3.05) is 13.7 Å². The third-order valence-corrected chi connectivity index (χ3v) is 4.46. The summed E-state index contributed by atoms with van der Waals surface area (Å²) in [5.74, 6) is -0.598. The highest BCUT2D eigenvalue weighted by molar-refractivity contribution is 6.31. The Bertz CT molecular complexity index is 787. The lowest BCUT2D eigenvalue weighted by molar-refractivity contribution is -0.139. The molecule has 1 N–H and O–H groups in total. The Labute approximate surface area is 158 Å². The molecule has 2 aromatic carbocycles. The average Bonchev–Trinajstić information content (AvgIpc) is 2.60. The largest absolute Gasteiger partial charge is 0.482 e. The zero-order chi connectivity index (χ0) is 19.3. The summed E-state index contributed by atoms with van der Waals surface area (Å²) in [4.78, 5) is 25.1. The minimum atomic E-state index is -1.03. The van der Waals surface area contributed by atoms with Crippen molar-refractivity contribution in [2.24, 2.45) is 0 Å². The lowest BCUT2D eigenvalue weighted by Crippen LogP contribution is -2.41. The fraction of sp³-hybridized carbons (Fsp3) is 0.300. The van der Waals surface area contributed by atoms with Gasteiger partial charge in [0.15, 0.2) is 6.61 Å². The van der Waals surface area contributed by atoms with Gasteiger partial charge in [0.1, 0.15) is 5.75 Å². The molecule has 2 rings (SSSR count). The van der Waals surface area contributed by atoms with E-state index < -0.39 is 11.4 Å². The maximum atomic E-state index is 12.9. The molecule has 138 valence electrons. The van der Waals surface area contributed by atoms with Gasteiger partial charge in [0.2, 0.25) is 5.91 Å². The van der Waals surface area contributed by atoms with E-state index in [1.54, 1.807) is 30.1 Å². The minimum absolute atomic E-state index is 0.0446. The molecule has 0 saturated carbocycles. The monoisotopic (exact) mass is 375 g/mol. The van der Waals surface area contributed by atoms with Crippen LogP contribution in [0.15, 0.2) is 48.5 Å². The van der Waals surface area contributed by atoms with Crippen LogP contribution in [0.3, 0.4) is 0 Å². The molecule has 0 bridgehead atoms. The molecule has 0 aliphatic rings. The third kappa shape index (κ3) is 4.76. The molecule has 0 atom stereocenters. The van der Waals surface area contributed by atoms with Gasteiger partial charge in [-0.2, -0.15) is 0 Å². The summed E-state index contributed by atoms with van der Waals surface area (Å²) in [5, 5.41) is 9.19. The van der Waals surface area contributed by atoms with Crippen LogP contribution in [0.2, 0.25) is 5.02 Å². The first-order chi connectivity index (χ1) is 12.2. The standard InChI is InChI=1S/C20H22ClNO4/c1-20(2,16-6-4-5-7-17(16)21)19(25)22(3)12-14-8-10-15(11-9-14)26-13-18(23)24/h4-11H,12-13H2,1-3H3,(H,23,24). The van der Waals surface area contributed by atoms with Gasteiger partial charge in [-0.05, 0) is 43.2 Å². The number of carbonyl (C=O) groups excluding carboxylic acids is 1. The zero-order valence-corrected chi connectivity index (χ0v) is 15.8. The normalized spacial score (nSPS) is 11.1. The molecule has 2 aromatic rings. The van der Waals surface area contributed by atoms with E-state index in [1.165, 1.54) is 0 Å². The SMILES string of the molecule is CN(Cc1ccc(OCC(=O)O)cc1)C(=O)C(C)(C)c1ccccc1Cl. The molecular formula is C20H22ClNO4. The average molecular weight is 376 g/mol. The van der Waals surface area contributed by atoms with Gasteiger partial charge in [-0.15, -0.1) is 0 Å². The highest BCUT2D eigenvalue weighted by Gasteiger charge is 2.33. The second-order valence-corrected chi connectivity index (χ2v) is 7.00. The molecule has 5 nitrogen and oxygen atoms in total. The van der Waals surface area contributed by atoms with Crippen molar-refractivity contribution >= 4 is 23.5 Å². The summed E-state index contributed by atoms with van der Waals surface area (Å²) >= 11 is 6.26. The summed E-state index contributed by atoms with van der Waals surface area (Å²) in [7, 11) is 1.75. The van der Waals surface area contributed by atoms with Crippen molar-refractivity contribution in [3.63, 3.8) is 0 Å². The van der Waals surface area contributed by atoms with E-state index in [0.29, 0.717) is 17.3 Å². The molecular weight excluding hydrogens is 354 g/mol. The number of aliphatic carboxylic acids is 1. The number of ether oxygens (including phenoxy) is 1. The van der Waals surface area contributed by atoms with Crippen LogP contribution < -0.4 is 4.74 Å². The quantitative estimate of drug-likeness (QED) is 0.800. The number of hydrogen-bond donors (Lipinski definition) is 1. The first-order valence-corrected chi connectivity index (χ1v) is 8.53. The molecule has 0 unspecified atom stereocenters. The molecule has 0 aliphatic carbocycles. The van der Waals surface area contributed by atoms with Crippen molar-refractivity contribution in [2.45, 2.75) is 25.8 Å². The summed E-state index contributed by atoms with van der Waals surface area (Å²) in [6.07, 6.45) is 0. The van der Waals surface area contributed by atoms with Gasteiger partial charge in [-0.1, -0.05) is 41.9 Å². The van der Waals surface area contributed by atoms with Gasteiger partial charge < -0.3 is 14.7 Å². The number of halogens is 1. The number of carboxylic acids is 1. The second kappa shape index (κ2) is 8.23.